The van der Waals surface area contributed by atoms with Gasteiger partial charge < -0.3 is 10.0 Å². The number of hydrogen-bond acceptors (Lipinski definition) is 4. The normalized spacial score (nSPS) is 26.3. The van der Waals surface area contributed by atoms with Crippen LogP contribution >= 0.6 is 0 Å². The molecule has 1 saturated carbocycles. The standard InChI is InChI=1S/C17H22N2O5S/c18-25(23,24)10-11-4-3-6-13(8-11)16(20)19-14-7-2-1-5-12(14)9-15(19)17(21)22/h3-4,6,8,12,14-15H,1-2,5,7,9-10H2,(H,21,22)(H2,18,23,24)/t12-,14+,15-/m0/s1. The highest BCUT2D eigenvalue weighted by Gasteiger charge is 2.47. The summed E-state index contributed by atoms with van der Waals surface area (Å²) in [5.41, 5.74) is 0.721. The first-order valence-electron chi connectivity index (χ1n) is 8.41. The maximum absolute atomic E-state index is 13.0. The van der Waals surface area contributed by atoms with Crippen molar-refractivity contribution in [1.82, 2.24) is 4.90 Å². The van der Waals surface area contributed by atoms with Gasteiger partial charge in [-0.15, -0.1) is 0 Å². The molecular formula is C17H22N2O5S. The van der Waals surface area contributed by atoms with E-state index >= 15 is 0 Å². The molecule has 1 heterocycles. The van der Waals surface area contributed by atoms with Gasteiger partial charge in [-0.05, 0) is 42.9 Å². The largest absolute Gasteiger partial charge is 0.480 e. The van der Waals surface area contributed by atoms with E-state index in [-0.39, 0.29) is 23.6 Å². The molecule has 136 valence electrons. The van der Waals surface area contributed by atoms with E-state index in [4.69, 9.17) is 5.14 Å². The molecular weight excluding hydrogens is 344 g/mol. The van der Waals surface area contributed by atoms with Crippen molar-refractivity contribution in [3.63, 3.8) is 0 Å². The van der Waals surface area contributed by atoms with Crippen LogP contribution in [0.2, 0.25) is 0 Å². The number of carbonyl (C=O) groups excluding carboxylic acids is 1. The Labute approximate surface area is 146 Å². The van der Waals surface area contributed by atoms with Crippen molar-refractivity contribution in [1.29, 1.82) is 0 Å². The van der Waals surface area contributed by atoms with Crippen LogP contribution < -0.4 is 5.14 Å². The molecule has 8 heteroatoms. The van der Waals surface area contributed by atoms with E-state index in [1.807, 2.05) is 0 Å². The van der Waals surface area contributed by atoms with Gasteiger partial charge in [0, 0.05) is 11.6 Å². The number of nitrogens with two attached hydrogens (primary N) is 1. The first-order valence-corrected chi connectivity index (χ1v) is 10.1. The molecule has 3 atom stereocenters. The molecule has 1 saturated heterocycles. The van der Waals surface area contributed by atoms with Crippen LogP contribution in [0.15, 0.2) is 24.3 Å². The number of benzene rings is 1. The van der Waals surface area contributed by atoms with Gasteiger partial charge in [-0.25, -0.2) is 18.4 Å². The van der Waals surface area contributed by atoms with Crippen molar-refractivity contribution in [3.8, 4) is 0 Å². The Hall–Kier alpha value is -1.93. The summed E-state index contributed by atoms with van der Waals surface area (Å²) in [6, 6.07) is 5.39. The zero-order valence-corrected chi connectivity index (χ0v) is 14.6. The predicted molar refractivity (Wildman–Crippen MR) is 91.2 cm³/mol. The summed E-state index contributed by atoms with van der Waals surface area (Å²) < 4.78 is 22.5. The van der Waals surface area contributed by atoms with Crippen molar-refractivity contribution in [2.45, 2.75) is 49.9 Å². The molecule has 2 aliphatic rings. The topological polar surface area (TPSA) is 118 Å². The average molecular weight is 366 g/mol. The smallest absolute Gasteiger partial charge is 0.326 e. The van der Waals surface area contributed by atoms with Crippen LogP contribution in [-0.2, 0) is 20.6 Å². The molecule has 1 aromatic rings. The minimum Gasteiger partial charge on any atom is -0.480 e. The molecule has 3 rings (SSSR count). The Morgan fingerprint density at radius 3 is 2.64 bits per heavy atom. The lowest BCUT2D eigenvalue weighted by Crippen LogP contribution is -2.46. The molecule has 0 spiro atoms. The minimum atomic E-state index is -3.70. The minimum absolute atomic E-state index is 0.0516. The SMILES string of the molecule is NS(=O)(=O)Cc1cccc(C(=O)N2[C@@H]3CCCC[C@H]3C[C@H]2C(=O)O)c1. The average Bonchev–Trinajstić information content (AvgIpc) is 2.92. The van der Waals surface area contributed by atoms with Gasteiger partial charge in [0.15, 0.2) is 0 Å². The van der Waals surface area contributed by atoms with Crippen LogP contribution in [0.3, 0.4) is 0 Å². The third kappa shape index (κ3) is 3.85. The fraction of sp³-hybridized carbons (Fsp3) is 0.529. The van der Waals surface area contributed by atoms with E-state index in [0.29, 0.717) is 17.5 Å². The van der Waals surface area contributed by atoms with Gasteiger partial charge in [-0.1, -0.05) is 25.0 Å². The third-order valence-corrected chi connectivity index (χ3v) is 5.89. The summed E-state index contributed by atoms with van der Waals surface area (Å²) in [5.74, 6) is -1.46. The number of hydrogen-bond donors (Lipinski definition) is 2. The van der Waals surface area contributed by atoms with E-state index in [1.54, 1.807) is 18.2 Å². The molecule has 0 unspecified atom stereocenters. The van der Waals surface area contributed by atoms with Gasteiger partial charge in [0.2, 0.25) is 10.0 Å². The maximum Gasteiger partial charge on any atom is 0.326 e. The van der Waals surface area contributed by atoms with E-state index < -0.39 is 22.0 Å². The number of rotatable bonds is 4. The second kappa shape index (κ2) is 6.76. The highest BCUT2D eigenvalue weighted by atomic mass is 32.2. The van der Waals surface area contributed by atoms with E-state index in [0.717, 1.165) is 25.7 Å². The van der Waals surface area contributed by atoms with Gasteiger partial charge >= 0.3 is 5.97 Å². The van der Waals surface area contributed by atoms with Crippen molar-refractivity contribution in [2.24, 2.45) is 11.1 Å². The summed E-state index contributed by atoms with van der Waals surface area (Å²) in [7, 11) is -3.70. The van der Waals surface area contributed by atoms with Gasteiger partial charge in [-0.3, -0.25) is 4.79 Å². The molecule has 7 nitrogen and oxygen atoms in total. The highest BCUT2D eigenvalue weighted by molar-refractivity contribution is 7.88. The van der Waals surface area contributed by atoms with Crippen LogP contribution in [0, 0.1) is 5.92 Å². The number of sulfonamides is 1. The molecule has 25 heavy (non-hydrogen) atoms. The van der Waals surface area contributed by atoms with Gasteiger partial charge in [0.1, 0.15) is 6.04 Å². The van der Waals surface area contributed by atoms with Crippen molar-refractivity contribution >= 4 is 21.9 Å². The number of primary sulfonamides is 1. The molecule has 2 fully saturated rings. The number of carboxylic acid groups (broad SMARTS) is 1. The molecule has 0 bridgehead atoms. The molecule has 1 aliphatic heterocycles. The second-order valence-electron chi connectivity index (χ2n) is 6.92. The zero-order chi connectivity index (χ0) is 18.2. The fourth-order valence-electron chi connectivity index (χ4n) is 4.15. The van der Waals surface area contributed by atoms with Crippen LogP contribution in [0.4, 0.5) is 0 Å². The van der Waals surface area contributed by atoms with E-state index in [2.05, 4.69) is 0 Å². The van der Waals surface area contributed by atoms with Crippen molar-refractivity contribution in [3.05, 3.63) is 35.4 Å². The molecule has 0 radical (unpaired) electrons. The van der Waals surface area contributed by atoms with Crippen LogP contribution in [0.25, 0.3) is 0 Å². The zero-order valence-electron chi connectivity index (χ0n) is 13.8. The Morgan fingerprint density at radius 1 is 1.24 bits per heavy atom. The van der Waals surface area contributed by atoms with E-state index in [9.17, 15) is 23.1 Å². The molecule has 3 N–H and O–H groups in total. The Morgan fingerprint density at radius 2 is 1.96 bits per heavy atom. The monoisotopic (exact) mass is 366 g/mol. The fourth-order valence-corrected chi connectivity index (χ4v) is 4.79. The second-order valence-corrected chi connectivity index (χ2v) is 8.54. The van der Waals surface area contributed by atoms with Crippen LogP contribution in [0.5, 0.6) is 0 Å². The number of likely N-dealkylation sites (tertiary alicyclic amines) is 1. The quantitative estimate of drug-likeness (QED) is 0.833. The summed E-state index contributed by atoms with van der Waals surface area (Å²) in [6.07, 6.45) is 4.31. The first-order chi connectivity index (χ1) is 11.8. The lowest BCUT2D eigenvalue weighted by molar-refractivity contribution is -0.141. The molecule has 1 amide bonds. The number of fused-ring (bicyclic) bond motifs is 1. The Kier molecular flexibility index (Phi) is 4.83. The van der Waals surface area contributed by atoms with Crippen molar-refractivity contribution < 1.29 is 23.1 Å². The van der Waals surface area contributed by atoms with Gasteiger partial charge in [-0.2, -0.15) is 0 Å². The highest BCUT2D eigenvalue weighted by Crippen LogP contribution is 2.40. The lowest BCUT2D eigenvalue weighted by Gasteiger charge is -2.33. The number of aliphatic carboxylic acids is 1. The van der Waals surface area contributed by atoms with Crippen LogP contribution in [0.1, 0.15) is 48.0 Å². The first kappa shape index (κ1) is 17.9. The number of nitrogens with zero attached hydrogens (tertiary/aromatic N) is 1. The lowest BCUT2D eigenvalue weighted by atomic mass is 9.84. The summed E-state index contributed by atoms with van der Waals surface area (Å²) in [6.45, 7) is 0. The van der Waals surface area contributed by atoms with E-state index in [1.165, 1.54) is 11.0 Å². The van der Waals surface area contributed by atoms with Gasteiger partial charge in [0.25, 0.3) is 5.91 Å². The Balaban J connectivity index is 1.90. The Bertz CT molecular complexity index is 792. The molecule has 1 aromatic carbocycles. The predicted octanol–water partition coefficient (Wildman–Crippen LogP) is 1.33. The third-order valence-electron chi connectivity index (χ3n) is 5.15. The maximum atomic E-state index is 13.0. The summed E-state index contributed by atoms with van der Waals surface area (Å²) >= 11 is 0. The number of carboxylic acids is 1. The van der Waals surface area contributed by atoms with Crippen LogP contribution in [-0.4, -0.2) is 42.4 Å². The van der Waals surface area contributed by atoms with Crippen molar-refractivity contribution in [2.75, 3.05) is 0 Å². The number of carbonyl (C=O) groups is 2. The summed E-state index contributed by atoms with van der Waals surface area (Å²) in [5, 5.41) is 14.6. The number of amides is 1. The summed E-state index contributed by atoms with van der Waals surface area (Å²) in [4.78, 5) is 26.2. The molecule has 1 aliphatic carbocycles. The van der Waals surface area contributed by atoms with Gasteiger partial charge in [0.05, 0.1) is 5.75 Å². The molecule has 0 aromatic heterocycles.